The van der Waals surface area contributed by atoms with Crippen molar-refractivity contribution in [3.8, 4) is 0 Å². The molecule has 0 atom stereocenters. The highest BCUT2D eigenvalue weighted by Gasteiger charge is 2.40. The first kappa shape index (κ1) is 31.2. The van der Waals surface area contributed by atoms with Crippen LogP contribution in [0.3, 0.4) is 0 Å². The standard InChI is InChI=1S/C9H15N.C7H13N.C6H12N2.C6H13N.C5H11NO/c1-7-2-9-3-8(1)5-10(4-7)6-9;1-4-8-5-2-7(1)3-6-8;1-2-8-5-3-7(1)4-6-8;1-7-5-3-2-4-6-7;1-6-2-4-7-5-3-6/h7-9H,1-6H2;7H,1-6H2;1-6H2;2-6H2,1H3;2-5H2,1H3. The lowest BCUT2D eigenvalue weighted by Gasteiger charge is -2.51. The van der Waals surface area contributed by atoms with E-state index in [9.17, 15) is 0 Å². The quantitative estimate of drug-likeness (QED) is 0.450. The van der Waals surface area contributed by atoms with E-state index in [1.165, 1.54) is 130 Å². The Hall–Kier alpha value is -0.280. The molecule has 40 heavy (non-hydrogen) atoms. The fraction of sp³-hybridized carbons (Fsp3) is 1.00. The SMILES string of the molecule is C1C2CC3CC1CN(C2)C3.C1CN2CCC1CC2.C1CN2CCN1CC2.CN1CCCCC1.CN1CCOCC1. The smallest absolute Gasteiger partial charge is 0.0594 e. The maximum Gasteiger partial charge on any atom is 0.0594 e. The van der Waals surface area contributed by atoms with Gasteiger partial charge in [0.25, 0.3) is 0 Å². The predicted octanol–water partition coefficient (Wildman–Crippen LogP) is 3.12. The molecule has 0 aromatic rings. The van der Waals surface area contributed by atoms with Gasteiger partial charge in [0.1, 0.15) is 0 Å². The van der Waals surface area contributed by atoms with Crippen LogP contribution in [0.15, 0.2) is 0 Å². The first-order valence-corrected chi connectivity index (χ1v) is 17.4. The third-order valence-corrected chi connectivity index (χ3v) is 11.1. The van der Waals surface area contributed by atoms with E-state index in [2.05, 4.69) is 43.5 Å². The summed E-state index contributed by atoms with van der Waals surface area (Å²) in [7, 11) is 4.31. The Kier molecular flexibility index (Phi) is 12.9. The summed E-state index contributed by atoms with van der Waals surface area (Å²) < 4.78 is 5.10. The highest BCUT2D eigenvalue weighted by molar-refractivity contribution is 4.93. The molecule has 1 aliphatic carbocycles. The number of hydrogen-bond donors (Lipinski definition) is 0. The molecule has 232 valence electrons. The van der Waals surface area contributed by atoms with Crippen molar-refractivity contribution in [1.29, 1.82) is 0 Å². The summed E-state index contributed by atoms with van der Waals surface area (Å²) >= 11 is 0. The topological polar surface area (TPSA) is 28.7 Å². The molecular formula is C33H64N6O. The van der Waals surface area contributed by atoms with Crippen LogP contribution in [0.4, 0.5) is 0 Å². The predicted molar refractivity (Wildman–Crippen MR) is 167 cm³/mol. The molecule has 7 heteroatoms. The van der Waals surface area contributed by atoms with Crippen LogP contribution in [0.2, 0.25) is 0 Å². The minimum atomic E-state index is 0.913. The van der Waals surface area contributed by atoms with E-state index in [0.717, 1.165) is 50.0 Å². The zero-order chi connectivity index (χ0) is 27.6. The summed E-state index contributed by atoms with van der Waals surface area (Å²) in [6.07, 6.45) is 13.4. The number of fused-ring (bicyclic) bond motifs is 6. The summed E-state index contributed by atoms with van der Waals surface area (Å²) in [6.45, 7) is 23.1. The fourth-order valence-corrected chi connectivity index (χ4v) is 8.56. The van der Waals surface area contributed by atoms with Crippen LogP contribution in [0.1, 0.15) is 57.8 Å². The van der Waals surface area contributed by atoms with Crippen LogP contribution in [-0.2, 0) is 4.74 Å². The molecule has 0 unspecified atom stereocenters. The van der Waals surface area contributed by atoms with Crippen molar-refractivity contribution >= 4 is 0 Å². The summed E-state index contributed by atoms with van der Waals surface area (Å²) in [4.78, 5) is 15.0. The number of piperazine rings is 3. The second-order valence-electron chi connectivity index (χ2n) is 14.6. The largest absolute Gasteiger partial charge is 0.379 e. The minimum Gasteiger partial charge on any atom is -0.379 e. The van der Waals surface area contributed by atoms with E-state index in [0.29, 0.717) is 0 Å². The van der Waals surface area contributed by atoms with E-state index in [1.54, 1.807) is 19.3 Å². The second kappa shape index (κ2) is 16.5. The number of rotatable bonds is 0. The van der Waals surface area contributed by atoms with Crippen LogP contribution < -0.4 is 0 Å². The minimum absolute atomic E-state index is 0.913. The number of ether oxygens (including phenoxy) is 1. The Morgan fingerprint density at radius 3 is 1.02 bits per heavy atom. The van der Waals surface area contributed by atoms with Gasteiger partial charge in [0.05, 0.1) is 13.2 Å². The molecule has 0 spiro atoms. The lowest BCUT2D eigenvalue weighted by molar-refractivity contribution is -0.0169. The molecule has 12 fully saturated rings. The molecule has 7 nitrogen and oxygen atoms in total. The second-order valence-corrected chi connectivity index (χ2v) is 14.6. The molecule has 0 amide bonds. The lowest BCUT2D eigenvalue weighted by atomic mass is 9.68. The average molecular weight is 561 g/mol. The maximum absolute atomic E-state index is 5.10. The Balaban J connectivity index is 0.000000102. The first-order valence-electron chi connectivity index (χ1n) is 17.4. The van der Waals surface area contributed by atoms with Gasteiger partial charge in [-0.25, -0.2) is 0 Å². The van der Waals surface area contributed by atoms with E-state index >= 15 is 0 Å². The molecule has 0 N–H and O–H groups in total. The van der Waals surface area contributed by atoms with Crippen LogP contribution in [-0.4, -0.2) is 161 Å². The molecule has 11 saturated heterocycles. The van der Waals surface area contributed by atoms with Crippen LogP contribution in [0.25, 0.3) is 0 Å². The van der Waals surface area contributed by atoms with Crippen molar-refractivity contribution in [3.05, 3.63) is 0 Å². The van der Waals surface area contributed by atoms with Crippen molar-refractivity contribution in [3.63, 3.8) is 0 Å². The van der Waals surface area contributed by atoms with Crippen LogP contribution >= 0.6 is 0 Å². The van der Waals surface area contributed by atoms with Gasteiger partial charge in [-0.05, 0) is 122 Å². The van der Waals surface area contributed by atoms with Gasteiger partial charge in [-0.15, -0.1) is 0 Å². The van der Waals surface area contributed by atoms with Crippen molar-refractivity contribution in [1.82, 2.24) is 29.4 Å². The van der Waals surface area contributed by atoms with Gasteiger partial charge in [0, 0.05) is 72.0 Å². The molecule has 1 saturated carbocycles. The van der Waals surface area contributed by atoms with Gasteiger partial charge in [-0.2, -0.15) is 0 Å². The number of likely N-dealkylation sites (tertiary alicyclic amines) is 1. The van der Waals surface area contributed by atoms with Gasteiger partial charge in [0.2, 0.25) is 0 Å². The number of morpholine rings is 1. The number of nitrogens with zero attached hydrogens (tertiary/aromatic N) is 6. The molecule has 12 rings (SSSR count). The van der Waals surface area contributed by atoms with Gasteiger partial charge in [0.15, 0.2) is 0 Å². The zero-order valence-electron chi connectivity index (χ0n) is 26.5. The van der Waals surface area contributed by atoms with Gasteiger partial charge in [-0.1, -0.05) is 6.42 Å². The lowest BCUT2D eigenvalue weighted by Crippen LogP contribution is -2.55. The molecule has 11 aliphatic heterocycles. The number of likely N-dealkylation sites (N-methyl/N-ethyl adjacent to an activating group) is 1. The molecule has 12 aliphatic rings. The molecule has 8 bridgehead atoms. The van der Waals surface area contributed by atoms with E-state index in [-0.39, 0.29) is 0 Å². The Morgan fingerprint density at radius 1 is 0.400 bits per heavy atom. The van der Waals surface area contributed by atoms with Crippen molar-refractivity contribution in [2.24, 2.45) is 23.7 Å². The fourth-order valence-electron chi connectivity index (χ4n) is 8.56. The van der Waals surface area contributed by atoms with Crippen LogP contribution in [0, 0.1) is 23.7 Å². The van der Waals surface area contributed by atoms with E-state index in [4.69, 9.17) is 4.74 Å². The summed E-state index contributed by atoms with van der Waals surface area (Å²) in [5, 5.41) is 0. The molecular weight excluding hydrogens is 496 g/mol. The summed E-state index contributed by atoms with van der Waals surface area (Å²) in [6, 6.07) is 0. The van der Waals surface area contributed by atoms with E-state index in [1.807, 2.05) is 0 Å². The summed E-state index contributed by atoms with van der Waals surface area (Å²) in [5.74, 6) is 4.42. The summed E-state index contributed by atoms with van der Waals surface area (Å²) in [5.41, 5.74) is 0. The van der Waals surface area contributed by atoms with Gasteiger partial charge < -0.3 is 24.3 Å². The first-order chi connectivity index (χ1) is 19.6. The van der Waals surface area contributed by atoms with Gasteiger partial charge in [-0.3, -0.25) is 9.80 Å². The normalized spacial score (nSPS) is 41.2. The molecule has 0 aromatic carbocycles. The monoisotopic (exact) mass is 561 g/mol. The average Bonchev–Trinajstić information content (AvgIpc) is 3.01. The highest BCUT2D eigenvalue weighted by atomic mass is 16.5. The van der Waals surface area contributed by atoms with E-state index < -0.39 is 0 Å². The molecule has 0 aromatic heterocycles. The van der Waals surface area contributed by atoms with Crippen LogP contribution in [0.5, 0.6) is 0 Å². The third kappa shape index (κ3) is 10.5. The number of piperidine rings is 7. The van der Waals surface area contributed by atoms with Crippen molar-refractivity contribution in [2.75, 3.05) is 132 Å². The highest BCUT2D eigenvalue weighted by Crippen LogP contribution is 2.42. The van der Waals surface area contributed by atoms with Crippen molar-refractivity contribution in [2.45, 2.75) is 57.8 Å². The molecule has 0 radical (unpaired) electrons. The van der Waals surface area contributed by atoms with Gasteiger partial charge >= 0.3 is 0 Å². The Labute approximate surface area is 247 Å². The zero-order valence-corrected chi connectivity index (χ0v) is 26.5. The maximum atomic E-state index is 5.10. The molecule has 11 heterocycles. The number of hydrogen-bond acceptors (Lipinski definition) is 7. The third-order valence-electron chi connectivity index (χ3n) is 11.1. The van der Waals surface area contributed by atoms with Crippen molar-refractivity contribution < 1.29 is 4.74 Å². The Bertz CT molecular complexity index is 538. The Morgan fingerprint density at radius 2 is 0.800 bits per heavy atom.